The van der Waals surface area contributed by atoms with Gasteiger partial charge in [0.15, 0.2) is 16.3 Å². The van der Waals surface area contributed by atoms with Crippen LogP contribution in [-0.2, 0) is 0 Å². The van der Waals surface area contributed by atoms with Gasteiger partial charge in [0, 0.05) is 0 Å². The first-order valence-corrected chi connectivity index (χ1v) is 14.4. The summed E-state index contributed by atoms with van der Waals surface area (Å²) in [5, 5.41) is 0. The van der Waals surface area contributed by atoms with Crippen molar-refractivity contribution < 1.29 is 18.9 Å². The number of aromatic nitrogens is 1. The van der Waals surface area contributed by atoms with E-state index in [2.05, 4.69) is 30.3 Å². The molecule has 4 aromatic rings. The average Bonchev–Trinajstić information content (AvgIpc) is 3.60. The van der Waals surface area contributed by atoms with Crippen LogP contribution in [0.25, 0.3) is 12.2 Å². The third-order valence-electron chi connectivity index (χ3n) is 7.72. The molecule has 0 spiro atoms. The molecule has 1 aromatic heterocycles. The van der Waals surface area contributed by atoms with E-state index in [4.69, 9.17) is 23.9 Å². The maximum atomic E-state index is 14.0. The molecule has 206 valence electrons. The lowest BCUT2D eigenvalue weighted by Crippen LogP contribution is -2.39. The summed E-state index contributed by atoms with van der Waals surface area (Å²) in [6.45, 7) is 0.209. The Morgan fingerprint density at radius 1 is 0.878 bits per heavy atom. The molecule has 1 aliphatic carbocycles. The zero-order chi connectivity index (χ0) is 27.9. The van der Waals surface area contributed by atoms with Gasteiger partial charge in [-0.05, 0) is 95.6 Å². The highest BCUT2D eigenvalue weighted by molar-refractivity contribution is 7.07. The number of hydrogen-bond acceptors (Lipinski definition) is 7. The van der Waals surface area contributed by atoms with Crippen LogP contribution in [0, 0.1) is 0 Å². The van der Waals surface area contributed by atoms with Crippen LogP contribution in [0.4, 0.5) is 0 Å². The summed E-state index contributed by atoms with van der Waals surface area (Å²) in [4.78, 5) is 19.9. The van der Waals surface area contributed by atoms with Gasteiger partial charge in [-0.1, -0.05) is 41.7 Å². The number of nitrogens with zero attached hydrogens (tertiary/aromatic N) is 2. The van der Waals surface area contributed by atoms with Gasteiger partial charge in [-0.15, -0.1) is 0 Å². The summed E-state index contributed by atoms with van der Waals surface area (Å²) in [5.74, 6) is 3.01. The number of thiazole rings is 1. The van der Waals surface area contributed by atoms with Gasteiger partial charge in [-0.2, -0.15) is 0 Å². The van der Waals surface area contributed by atoms with E-state index in [1.54, 1.807) is 14.2 Å². The van der Waals surface area contributed by atoms with Crippen molar-refractivity contribution in [2.24, 2.45) is 4.99 Å². The topological polar surface area (TPSA) is 71.3 Å². The second kappa shape index (κ2) is 10.4. The standard InChI is InChI=1S/C33H28N2O5S/c1-37-24-11-6-20(7-12-24)16-23-4-3-5-26-30(23)34-33-35(31(26)22-9-13-25(38-2)14-10-22)32(36)29(41-33)18-21-8-15-27-28(17-21)40-19-39-27/h6-18,31H,3-5,19H2,1-2H3/b23-16-,29-18?/t31-/m0/s1. The molecule has 0 N–H and O–H groups in total. The maximum Gasteiger partial charge on any atom is 0.271 e. The molecule has 0 saturated carbocycles. The van der Waals surface area contributed by atoms with Crippen LogP contribution < -0.4 is 33.8 Å². The quantitative estimate of drug-likeness (QED) is 0.332. The third-order valence-corrected chi connectivity index (χ3v) is 8.70. The van der Waals surface area contributed by atoms with Crippen molar-refractivity contribution in [3.63, 3.8) is 0 Å². The number of hydrogen-bond donors (Lipinski definition) is 0. The summed E-state index contributed by atoms with van der Waals surface area (Å²) in [6.07, 6.45) is 6.92. The summed E-state index contributed by atoms with van der Waals surface area (Å²) >= 11 is 1.42. The molecular weight excluding hydrogens is 536 g/mol. The highest BCUT2D eigenvalue weighted by Crippen LogP contribution is 2.41. The first-order chi connectivity index (χ1) is 20.1. The van der Waals surface area contributed by atoms with E-state index < -0.39 is 0 Å². The molecule has 7 nitrogen and oxygen atoms in total. The first kappa shape index (κ1) is 25.4. The highest BCUT2D eigenvalue weighted by atomic mass is 32.1. The van der Waals surface area contributed by atoms with Crippen LogP contribution in [-0.4, -0.2) is 25.6 Å². The van der Waals surface area contributed by atoms with Crippen molar-refractivity contribution in [1.29, 1.82) is 0 Å². The van der Waals surface area contributed by atoms with Gasteiger partial charge in [0.1, 0.15) is 11.5 Å². The Bertz CT molecular complexity index is 1880. The molecule has 1 atom stereocenters. The fourth-order valence-electron chi connectivity index (χ4n) is 5.70. The Morgan fingerprint density at radius 3 is 2.34 bits per heavy atom. The van der Waals surface area contributed by atoms with Crippen LogP contribution >= 0.6 is 11.3 Å². The van der Waals surface area contributed by atoms with Crippen molar-refractivity contribution >= 4 is 23.5 Å². The van der Waals surface area contributed by atoms with E-state index in [9.17, 15) is 4.79 Å². The highest BCUT2D eigenvalue weighted by Gasteiger charge is 2.32. The van der Waals surface area contributed by atoms with E-state index in [0.29, 0.717) is 20.8 Å². The van der Waals surface area contributed by atoms with E-state index in [1.807, 2.05) is 53.1 Å². The first-order valence-electron chi connectivity index (χ1n) is 13.5. The molecule has 3 aromatic carbocycles. The Balaban J connectivity index is 1.40. The minimum atomic E-state index is -0.245. The Kier molecular flexibility index (Phi) is 6.47. The summed E-state index contributed by atoms with van der Waals surface area (Å²) in [7, 11) is 3.33. The summed E-state index contributed by atoms with van der Waals surface area (Å²) in [6, 6.07) is 21.5. The van der Waals surface area contributed by atoms with Crippen LogP contribution in [0.2, 0.25) is 0 Å². The number of rotatable bonds is 5. The molecule has 2 aliphatic heterocycles. The summed E-state index contributed by atoms with van der Waals surface area (Å²) in [5.41, 5.74) is 6.30. The molecule has 8 heteroatoms. The number of fused-ring (bicyclic) bond motifs is 2. The zero-order valence-electron chi connectivity index (χ0n) is 22.8. The molecule has 3 aliphatic rings. The predicted octanol–water partition coefficient (Wildman–Crippen LogP) is 5.23. The molecule has 7 rings (SSSR count). The molecule has 0 unspecified atom stereocenters. The van der Waals surface area contributed by atoms with Gasteiger partial charge >= 0.3 is 0 Å². The molecule has 3 heterocycles. The Morgan fingerprint density at radius 2 is 1.59 bits per heavy atom. The van der Waals surface area contributed by atoms with Crippen molar-refractivity contribution in [1.82, 2.24) is 4.57 Å². The van der Waals surface area contributed by atoms with Crippen molar-refractivity contribution in [3.8, 4) is 23.0 Å². The smallest absolute Gasteiger partial charge is 0.271 e. The largest absolute Gasteiger partial charge is 0.497 e. The van der Waals surface area contributed by atoms with Crippen LogP contribution in [0.5, 0.6) is 23.0 Å². The molecular formula is C33H28N2O5S. The maximum absolute atomic E-state index is 14.0. The molecule has 41 heavy (non-hydrogen) atoms. The molecule has 0 saturated heterocycles. The monoisotopic (exact) mass is 564 g/mol. The Hall–Kier alpha value is -4.56. The van der Waals surface area contributed by atoms with Crippen LogP contribution in [0.3, 0.4) is 0 Å². The molecule has 0 radical (unpaired) electrons. The zero-order valence-corrected chi connectivity index (χ0v) is 23.6. The minimum absolute atomic E-state index is 0.0509. The Labute approximate surface area is 240 Å². The molecule has 0 amide bonds. The minimum Gasteiger partial charge on any atom is -0.497 e. The van der Waals surface area contributed by atoms with Gasteiger partial charge in [0.2, 0.25) is 6.79 Å². The molecule has 0 fully saturated rings. The number of methoxy groups -OCH3 is 2. The van der Waals surface area contributed by atoms with E-state index in [-0.39, 0.29) is 18.4 Å². The van der Waals surface area contributed by atoms with E-state index >= 15 is 0 Å². The number of ether oxygens (including phenoxy) is 4. The lowest BCUT2D eigenvalue weighted by molar-refractivity contribution is 0.174. The van der Waals surface area contributed by atoms with Crippen LogP contribution in [0.15, 0.2) is 93.4 Å². The summed E-state index contributed by atoms with van der Waals surface area (Å²) < 4.78 is 24.2. The van der Waals surface area contributed by atoms with Crippen molar-refractivity contribution in [2.75, 3.05) is 21.0 Å². The SMILES string of the molecule is COc1ccc(/C=C2/CCCC3=C2N=c2sc(=Cc4ccc5c(c4)OCO5)c(=O)n2[C@H]3c2ccc(OC)cc2)cc1. The lowest BCUT2D eigenvalue weighted by Gasteiger charge is -2.31. The predicted molar refractivity (Wildman–Crippen MR) is 158 cm³/mol. The average molecular weight is 565 g/mol. The van der Waals surface area contributed by atoms with E-state index in [1.165, 1.54) is 22.5 Å². The second-order valence-corrected chi connectivity index (χ2v) is 11.1. The van der Waals surface area contributed by atoms with Gasteiger partial charge < -0.3 is 18.9 Å². The number of allylic oxidation sites excluding steroid dienone is 2. The van der Waals surface area contributed by atoms with Gasteiger partial charge in [-0.3, -0.25) is 9.36 Å². The fourth-order valence-corrected chi connectivity index (χ4v) is 6.70. The van der Waals surface area contributed by atoms with Gasteiger partial charge in [0.05, 0.1) is 30.5 Å². The van der Waals surface area contributed by atoms with Gasteiger partial charge in [0.25, 0.3) is 5.56 Å². The lowest BCUT2D eigenvalue weighted by atomic mass is 9.84. The second-order valence-electron chi connectivity index (χ2n) is 10.1. The third kappa shape index (κ3) is 4.64. The van der Waals surface area contributed by atoms with Crippen LogP contribution in [0.1, 0.15) is 42.0 Å². The molecule has 0 bridgehead atoms. The fraction of sp³-hybridized carbons (Fsp3) is 0.212. The van der Waals surface area contributed by atoms with Gasteiger partial charge in [-0.25, -0.2) is 4.99 Å². The number of benzene rings is 3. The normalized spacial score (nSPS) is 18.6. The van der Waals surface area contributed by atoms with Crippen molar-refractivity contribution in [3.05, 3.63) is 120 Å². The van der Waals surface area contributed by atoms with E-state index in [0.717, 1.165) is 53.1 Å². The van der Waals surface area contributed by atoms with Crippen molar-refractivity contribution in [2.45, 2.75) is 25.3 Å².